The summed E-state index contributed by atoms with van der Waals surface area (Å²) in [6.07, 6.45) is 1.44. The predicted octanol–water partition coefficient (Wildman–Crippen LogP) is 3.36. The van der Waals surface area contributed by atoms with E-state index in [0.29, 0.717) is 23.7 Å². The van der Waals surface area contributed by atoms with Gasteiger partial charge in [0, 0.05) is 18.1 Å². The van der Waals surface area contributed by atoms with Crippen LogP contribution in [-0.4, -0.2) is 50.5 Å². The van der Waals surface area contributed by atoms with Crippen molar-refractivity contribution >= 4 is 39.1 Å². The highest BCUT2D eigenvalue weighted by molar-refractivity contribution is 7.92. The maximum Gasteiger partial charge on any atom is 0.244 e. The van der Waals surface area contributed by atoms with E-state index in [2.05, 4.69) is 5.32 Å². The van der Waals surface area contributed by atoms with Crippen molar-refractivity contribution < 1.29 is 18.0 Å². The number of carbonyl (C=O) groups excluding carboxylic acids is 2. The van der Waals surface area contributed by atoms with Crippen molar-refractivity contribution in [3.8, 4) is 0 Å². The van der Waals surface area contributed by atoms with Crippen LogP contribution in [0.1, 0.15) is 31.4 Å². The molecule has 0 unspecified atom stereocenters. The van der Waals surface area contributed by atoms with Gasteiger partial charge in [0.1, 0.15) is 12.6 Å². The third-order valence-corrected chi connectivity index (χ3v) is 6.53. The van der Waals surface area contributed by atoms with Crippen LogP contribution in [0.25, 0.3) is 0 Å². The van der Waals surface area contributed by atoms with Crippen LogP contribution in [0, 0.1) is 6.92 Å². The Labute approximate surface area is 195 Å². The summed E-state index contributed by atoms with van der Waals surface area (Å²) in [7, 11) is -3.76. The summed E-state index contributed by atoms with van der Waals surface area (Å²) < 4.78 is 26.0. The lowest BCUT2D eigenvalue weighted by Gasteiger charge is -2.33. The van der Waals surface area contributed by atoms with E-state index in [9.17, 15) is 18.0 Å². The van der Waals surface area contributed by atoms with Gasteiger partial charge in [0.15, 0.2) is 0 Å². The van der Waals surface area contributed by atoms with Gasteiger partial charge in [-0.05, 0) is 55.7 Å². The van der Waals surface area contributed by atoms with Crippen molar-refractivity contribution in [2.75, 3.05) is 23.7 Å². The number of halogens is 1. The molecule has 0 bridgehead atoms. The number of hydrogen-bond acceptors (Lipinski definition) is 4. The first-order valence-corrected chi connectivity index (χ1v) is 12.7. The van der Waals surface area contributed by atoms with Crippen molar-refractivity contribution in [2.45, 2.75) is 39.8 Å². The first kappa shape index (κ1) is 25.7. The number of likely N-dealkylation sites (N-methyl/N-ethyl adjacent to an activating group) is 1. The van der Waals surface area contributed by atoms with Crippen LogP contribution >= 0.6 is 11.6 Å². The van der Waals surface area contributed by atoms with Gasteiger partial charge < -0.3 is 10.2 Å². The van der Waals surface area contributed by atoms with Gasteiger partial charge in [-0.15, -0.1) is 0 Å². The van der Waals surface area contributed by atoms with E-state index < -0.39 is 28.5 Å². The zero-order chi connectivity index (χ0) is 23.9. The van der Waals surface area contributed by atoms with Crippen molar-refractivity contribution in [3.05, 3.63) is 64.7 Å². The summed E-state index contributed by atoms with van der Waals surface area (Å²) in [5.41, 5.74) is 2.20. The fourth-order valence-electron chi connectivity index (χ4n) is 3.40. The molecule has 0 aliphatic rings. The molecular formula is C23H30ClN3O4S. The second-order valence-electron chi connectivity index (χ2n) is 7.51. The predicted molar refractivity (Wildman–Crippen MR) is 128 cm³/mol. The third kappa shape index (κ3) is 6.71. The van der Waals surface area contributed by atoms with E-state index in [1.54, 1.807) is 24.3 Å². The smallest absolute Gasteiger partial charge is 0.244 e. The van der Waals surface area contributed by atoms with Gasteiger partial charge in [0.25, 0.3) is 0 Å². The minimum atomic E-state index is -3.76. The lowest BCUT2D eigenvalue weighted by Crippen LogP contribution is -2.52. The maximum absolute atomic E-state index is 13.5. The van der Waals surface area contributed by atoms with E-state index in [1.165, 1.54) is 4.90 Å². The molecule has 0 aromatic heterocycles. The molecule has 2 amide bonds. The topological polar surface area (TPSA) is 86.8 Å². The van der Waals surface area contributed by atoms with Gasteiger partial charge in [-0.25, -0.2) is 8.42 Å². The average Bonchev–Trinajstić information content (AvgIpc) is 2.73. The van der Waals surface area contributed by atoms with Crippen LogP contribution in [0.4, 0.5) is 5.69 Å². The Morgan fingerprint density at radius 2 is 1.69 bits per heavy atom. The molecule has 0 saturated carbocycles. The zero-order valence-electron chi connectivity index (χ0n) is 18.8. The summed E-state index contributed by atoms with van der Waals surface area (Å²) in [6, 6.07) is 13.1. The maximum atomic E-state index is 13.5. The van der Waals surface area contributed by atoms with Gasteiger partial charge in [0.05, 0.1) is 11.9 Å². The van der Waals surface area contributed by atoms with Crippen molar-refractivity contribution in [1.82, 2.24) is 10.2 Å². The molecule has 2 rings (SSSR count). The standard InChI is InChI=1S/C23H30ClN3O4S/c1-5-21(23(29)25-6-2)26(15-18-10-8-7-9-17(18)3)22(28)16-27(32(4,30)31)20-13-11-19(24)12-14-20/h7-14,21H,5-6,15-16H2,1-4H3,(H,25,29)/t21-/m1/s1. The van der Waals surface area contributed by atoms with Crippen LogP contribution < -0.4 is 9.62 Å². The highest BCUT2D eigenvalue weighted by Gasteiger charge is 2.31. The molecule has 1 atom stereocenters. The van der Waals surface area contributed by atoms with Crippen molar-refractivity contribution in [3.63, 3.8) is 0 Å². The molecule has 0 heterocycles. The molecule has 7 nitrogen and oxygen atoms in total. The summed E-state index contributed by atoms with van der Waals surface area (Å²) >= 11 is 5.93. The number of carbonyl (C=O) groups is 2. The largest absolute Gasteiger partial charge is 0.355 e. The quantitative estimate of drug-likeness (QED) is 0.566. The van der Waals surface area contributed by atoms with Crippen LogP contribution in [0.5, 0.6) is 0 Å². The van der Waals surface area contributed by atoms with Gasteiger partial charge in [-0.1, -0.05) is 42.8 Å². The van der Waals surface area contributed by atoms with Gasteiger partial charge in [0.2, 0.25) is 21.8 Å². The number of nitrogens with one attached hydrogen (secondary N) is 1. The van der Waals surface area contributed by atoms with E-state index >= 15 is 0 Å². The number of nitrogens with zero attached hydrogens (tertiary/aromatic N) is 2. The lowest BCUT2D eigenvalue weighted by molar-refractivity contribution is -0.140. The number of hydrogen-bond donors (Lipinski definition) is 1. The molecule has 0 aliphatic heterocycles. The normalized spacial score (nSPS) is 12.2. The minimum absolute atomic E-state index is 0.194. The number of sulfonamides is 1. The molecule has 9 heteroatoms. The SMILES string of the molecule is CCNC(=O)[C@@H](CC)N(Cc1ccccc1C)C(=O)CN(c1ccc(Cl)cc1)S(C)(=O)=O. The fourth-order valence-corrected chi connectivity index (χ4v) is 4.38. The van der Waals surface area contributed by atoms with Crippen molar-refractivity contribution in [1.29, 1.82) is 0 Å². The molecule has 0 spiro atoms. The monoisotopic (exact) mass is 479 g/mol. The minimum Gasteiger partial charge on any atom is -0.355 e. The Morgan fingerprint density at radius 1 is 1.06 bits per heavy atom. The number of benzene rings is 2. The van der Waals surface area contributed by atoms with Gasteiger partial charge in [-0.3, -0.25) is 13.9 Å². The third-order valence-electron chi connectivity index (χ3n) is 5.13. The van der Waals surface area contributed by atoms with E-state index in [-0.39, 0.29) is 12.5 Å². The van der Waals surface area contributed by atoms with Crippen LogP contribution in [0.15, 0.2) is 48.5 Å². The van der Waals surface area contributed by atoms with Gasteiger partial charge in [-0.2, -0.15) is 0 Å². The number of amides is 2. The van der Waals surface area contributed by atoms with Crippen LogP contribution in [-0.2, 0) is 26.2 Å². The summed E-state index contributed by atoms with van der Waals surface area (Å²) in [5, 5.41) is 3.23. The molecule has 0 saturated heterocycles. The molecule has 2 aromatic carbocycles. The zero-order valence-corrected chi connectivity index (χ0v) is 20.4. The van der Waals surface area contributed by atoms with Crippen LogP contribution in [0.3, 0.4) is 0 Å². The first-order chi connectivity index (χ1) is 15.1. The highest BCUT2D eigenvalue weighted by atomic mass is 35.5. The molecule has 0 aliphatic carbocycles. The Bertz CT molecular complexity index is 1040. The molecule has 32 heavy (non-hydrogen) atoms. The number of anilines is 1. The molecule has 0 fully saturated rings. The Morgan fingerprint density at radius 3 is 2.22 bits per heavy atom. The molecular weight excluding hydrogens is 450 g/mol. The Kier molecular flexibility index (Phi) is 9.09. The Hall–Kier alpha value is -2.58. The van der Waals surface area contributed by atoms with E-state index in [4.69, 9.17) is 11.6 Å². The summed E-state index contributed by atoms with van der Waals surface area (Å²) in [5.74, 6) is -0.735. The van der Waals surface area contributed by atoms with Gasteiger partial charge >= 0.3 is 0 Å². The summed E-state index contributed by atoms with van der Waals surface area (Å²) in [4.78, 5) is 27.7. The second-order valence-corrected chi connectivity index (χ2v) is 9.86. The molecule has 174 valence electrons. The fraction of sp³-hybridized carbons (Fsp3) is 0.391. The number of aryl methyl sites for hydroxylation is 1. The molecule has 2 aromatic rings. The van der Waals surface area contributed by atoms with E-state index in [0.717, 1.165) is 21.7 Å². The Balaban J connectivity index is 2.43. The highest BCUT2D eigenvalue weighted by Crippen LogP contribution is 2.22. The number of rotatable bonds is 10. The lowest BCUT2D eigenvalue weighted by atomic mass is 10.1. The first-order valence-electron chi connectivity index (χ1n) is 10.4. The van der Waals surface area contributed by atoms with Crippen molar-refractivity contribution in [2.24, 2.45) is 0 Å². The van der Waals surface area contributed by atoms with E-state index in [1.807, 2.05) is 45.0 Å². The average molecular weight is 480 g/mol. The second kappa shape index (κ2) is 11.3. The molecule has 0 radical (unpaired) electrons. The summed E-state index contributed by atoms with van der Waals surface area (Å²) in [6.45, 7) is 5.76. The molecule has 1 N–H and O–H groups in total. The van der Waals surface area contributed by atoms with Crippen LogP contribution in [0.2, 0.25) is 5.02 Å².